The van der Waals surface area contributed by atoms with E-state index in [0.29, 0.717) is 64.2 Å². The third-order valence-electron chi connectivity index (χ3n) is 4.90. The van der Waals surface area contributed by atoms with Crippen molar-refractivity contribution in [3.63, 3.8) is 0 Å². The van der Waals surface area contributed by atoms with Crippen molar-refractivity contribution in [2.24, 2.45) is 0 Å². The largest absolute Gasteiger partial charge is 0.490 e. The van der Waals surface area contributed by atoms with Crippen LogP contribution in [0.2, 0.25) is 10.0 Å². The molecule has 0 bridgehead atoms. The summed E-state index contributed by atoms with van der Waals surface area (Å²) < 4.78 is 38.8. The minimum Gasteiger partial charge on any atom is -0.475 e. The van der Waals surface area contributed by atoms with E-state index in [9.17, 15) is 13.2 Å². The molecule has 17 heteroatoms. The van der Waals surface area contributed by atoms with Crippen LogP contribution in [-0.4, -0.2) is 55.0 Å². The number of carboxylic acid groups (broad SMARTS) is 1. The molecule has 0 unspecified atom stereocenters. The van der Waals surface area contributed by atoms with Crippen molar-refractivity contribution >= 4 is 57.9 Å². The van der Waals surface area contributed by atoms with Crippen LogP contribution in [0.3, 0.4) is 0 Å². The highest BCUT2D eigenvalue weighted by atomic mass is 35.5. The first-order chi connectivity index (χ1) is 18.9. The van der Waals surface area contributed by atoms with Gasteiger partial charge in [0.05, 0.1) is 15.7 Å². The van der Waals surface area contributed by atoms with Crippen LogP contribution in [0.15, 0.2) is 24.3 Å². The van der Waals surface area contributed by atoms with Crippen molar-refractivity contribution < 1.29 is 27.8 Å². The van der Waals surface area contributed by atoms with E-state index >= 15 is 0 Å². The Kier molecular flexibility index (Phi) is 10.5. The van der Waals surface area contributed by atoms with Crippen LogP contribution in [0.4, 0.5) is 24.9 Å². The second kappa shape index (κ2) is 13.6. The van der Waals surface area contributed by atoms with Crippen LogP contribution in [-0.2, 0) is 22.6 Å². The van der Waals surface area contributed by atoms with Crippen molar-refractivity contribution in [3.8, 4) is 17.3 Å². The summed E-state index contributed by atoms with van der Waals surface area (Å²) in [5.41, 5.74) is 7.75. The summed E-state index contributed by atoms with van der Waals surface area (Å²) in [5, 5.41) is 25.9. The summed E-state index contributed by atoms with van der Waals surface area (Å²) in [6, 6.07) is 9.15. The monoisotopic (exact) mass is 616 g/mol. The maximum atomic E-state index is 10.6. The predicted octanol–water partition coefficient (Wildman–Crippen LogP) is 5.22. The van der Waals surface area contributed by atoms with Gasteiger partial charge >= 0.3 is 12.1 Å². The lowest BCUT2D eigenvalue weighted by Crippen LogP contribution is -2.21. The number of nitrogens with one attached hydrogen (secondary N) is 1. The van der Waals surface area contributed by atoms with Crippen molar-refractivity contribution in [2.75, 3.05) is 24.2 Å². The average molecular weight is 617 g/mol. The molecule has 0 fully saturated rings. The number of fused-ring (bicyclic) bond motifs is 1. The number of nitrogens with zero attached hydrogens (tertiary/aromatic N) is 6. The summed E-state index contributed by atoms with van der Waals surface area (Å²) in [5.74, 6) is -1.39. The van der Waals surface area contributed by atoms with E-state index in [1.807, 2.05) is 19.1 Å². The number of halogens is 5. The van der Waals surface area contributed by atoms with Gasteiger partial charge in [-0.1, -0.05) is 23.2 Å². The molecule has 0 radical (unpaired) electrons. The van der Waals surface area contributed by atoms with Gasteiger partial charge in [-0.3, -0.25) is 0 Å². The standard InChI is InChI=1S/C21H20Cl2N8OS.C2HF3O2/c1-2-32-11-17-28-18-9-15(13-6-5-12(22)8-14(13)23)27-21(31(18)30-17)26-7-3-4-19-29-20(25)16(10-24)33-19;3-2(4,5)1(6)7/h5-6,8-9H,2-4,7,11,25H2,1H3,(H,26,27);(H,6,7). The van der Waals surface area contributed by atoms with Crippen molar-refractivity contribution in [1.29, 1.82) is 5.26 Å². The van der Waals surface area contributed by atoms with Gasteiger partial charge in [0, 0.05) is 36.2 Å². The molecular weight excluding hydrogens is 596 g/mol. The van der Waals surface area contributed by atoms with E-state index in [2.05, 4.69) is 26.5 Å². The molecule has 0 saturated carbocycles. The Morgan fingerprint density at radius 3 is 2.60 bits per heavy atom. The molecule has 3 aromatic heterocycles. The molecule has 11 nitrogen and oxygen atoms in total. The maximum Gasteiger partial charge on any atom is 0.490 e. The number of carbonyl (C=O) groups is 1. The van der Waals surface area contributed by atoms with Crippen LogP contribution < -0.4 is 11.1 Å². The number of benzene rings is 1. The van der Waals surface area contributed by atoms with Crippen LogP contribution in [0.25, 0.3) is 16.9 Å². The summed E-state index contributed by atoms with van der Waals surface area (Å²) in [6.45, 7) is 3.39. The summed E-state index contributed by atoms with van der Waals surface area (Å²) >= 11 is 13.8. The Morgan fingerprint density at radius 1 is 1.27 bits per heavy atom. The zero-order valence-corrected chi connectivity index (χ0v) is 23.0. The summed E-state index contributed by atoms with van der Waals surface area (Å²) in [6.07, 6.45) is -3.64. The van der Waals surface area contributed by atoms with E-state index in [1.54, 1.807) is 16.6 Å². The third kappa shape index (κ3) is 8.15. The molecule has 1 aromatic carbocycles. The number of anilines is 2. The van der Waals surface area contributed by atoms with E-state index in [1.165, 1.54) is 11.3 Å². The number of aryl methyl sites for hydroxylation is 1. The lowest BCUT2D eigenvalue weighted by Gasteiger charge is -2.10. The topological polar surface area (TPSA) is 164 Å². The zero-order chi connectivity index (χ0) is 29.4. The molecule has 0 amide bonds. The fraction of sp³-hybridized carbons (Fsp3) is 0.304. The first kappa shape index (κ1) is 30.8. The van der Waals surface area contributed by atoms with Gasteiger partial charge in [-0.25, -0.2) is 19.7 Å². The van der Waals surface area contributed by atoms with Gasteiger partial charge in [0.25, 0.3) is 0 Å². The summed E-state index contributed by atoms with van der Waals surface area (Å²) in [7, 11) is 0. The van der Waals surface area contributed by atoms with Gasteiger partial charge in [-0.2, -0.15) is 22.9 Å². The van der Waals surface area contributed by atoms with Crippen LogP contribution in [0.5, 0.6) is 0 Å². The highest BCUT2D eigenvalue weighted by Gasteiger charge is 2.38. The van der Waals surface area contributed by atoms with Gasteiger partial charge < -0.3 is 20.9 Å². The van der Waals surface area contributed by atoms with Gasteiger partial charge in [0.1, 0.15) is 17.6 Å². The normalized spacial score (nSPS) is 11.1. The number of hydrogen-bond donors (Lipinski definition) is 3. The van der Waals surface area contributed by atoms with E-state index in [-0.39, 0.29) is 5.82 Å². The smallest absolute Gasteiger partial charge is 0.475 e. The molecule has 0 saturated heterocycles. The van der Waals surface area contributed by atoms with Gasteiger partial charge in [0.15, 0.2) is 17.3 Å². The van der Waals surface area contributed by atoms with Crippen LogP contribution in [0, 0.1) is 11.3 Å². The number of ether oxygens (including phenoxy) is 1. The molecule has 212 valence electrons. The first-order valence-electron chi connectivity index (χ1n) is 11.4. The van der Waals surface area contributed by atoms with Gasteiger partial charge in [0.2, 0.25) is 5.95 Å². The third-order valence-corrected chi connectivity index (χ3v) is 6.49. The summed E-state index contributed by atoms with van der Waals surface area (Å²) in [4.78, 5) is 22.9. The van der Waals surface area contributed by atoms with E-state index in [4.69, 9.17) is 53.8 Å². The first-order valence-corrected chi connectivity index (χ1v) is 13.0. The molecule has 0 aliphatic rings. The minimum atomic E-state index is -5.08. The van der Waals surface area contributed by atoms with Crippen LogP contribution in [0.1, 0.15) is 29.1 Å². The molecule has 0 aliphatic heterocycles. The van der Waals surface area contributed by atoms with Crippen molar-refractivity contribution in [3.05, 3.63) is 50.0 Å². The number of thiazole rings is 1. The second-order valence-corrected chi connectivity index (χ2v) is 9.72. The Labute approximate surface area is 239 Å². The number of rotatable bonds is 9. The fourth-order valence-electron chi connectivity index (χ4n) is 3.14. The highest BCUT2D eigenvalue weighted by Crippen LogP contribution is 2.30. The number of nitrogens with two attached hydrogens (primary N) is 1. The lowest BCUT2D eigenvalue weighted by molar-refractivity contribution is -0.192. The molecule has 4 rings (SSSR count). The van der Waals surface area contributed by atoms with E-state index < -0.39 is 12.1 Å². The molecule has 4 aromatic rings. The Balaban J connectivity index is 0.000000559. The second-order valence-electron chi connectivity index (χ2n) is 7.79. The fourth-order valence-corrected chi connectivity index (χ4v) is 4.47. The maximum absolute atomic E-state index is 10.6. The molecular formula is C23H21Cl2F3N8O3S. The number of carboxylic acids is 1. The molecule has 0 aliphatic carbocycles. The van der Waals surface area contributed by atoms with Gasteiger partial charge in [-0.05, 0) is 31.5 Å². The highest BCUT2D eigenvalue weighted by molar-refractivity contribution is 7.12. The Bertz CT molecular complexity index is 1540. The lowest BCUT2D eigenvalue weighted by atomic mass is 10.1. The number of nitriles is 1. The molecule has 40 heavy (non-hydrogen) atoms. The Morgan fingerprint density at radius 2 is 2.00 bits per heavy atom. The number of nitrogen functional groups attached to an aromatic ring is 1. The quantitative estimate of drug-likeness (QED) is 0.212. The molecule has 3 heterocycles. The van der Waals surface area contributed by atoms with E-state index in [0.717, 1.165) is 17.0 Å². The van der Waals surface area contributed by atoms with Crippen molar-refractivity contribution in [2.45, 2.75) is 32.5 Å². The van der Waals surface area contributed by atoms with Crippen molar-refractivity contribution in [1.82, 2.24) is 24.6 Å². The SMILES string of the molecule is CCOCc1nc2cc(-c3ccc(Cl)cc3Cl)nc(NCCCc3nc(N)c(C#N)s3)n2n1.O=C(O)C(F)(F)F. The number of aromatic nitrogens is 5. The predicted molar refractivity (Wildman–Crippen MR) is 143 cm³/mol. The molecule has 0 spiro atoms. The average Bonchev–Trinajstić information content (AvgIpc) is 3.47. The number of hydrogen-bond acceptors (Lipinski definition) is 10. The minimum absolute atomic E-state index is 0.283. The van der Waals surface area contributed by atoms with Gasteiger partial charge in [-0.15, -0.1) is 16.4 Å². The zero-order valence-electron chi connectivity index (χ0n) is 20.7. The molecule has 4 N–H and O–H groups in total. The number of alkyl halides is 3. The van der Waals surface area contributed by atoms with Crippen LogP contribution >= 0.6 is 34.5 Å². The molecule has 0 atom stereocenters. The number of aliphatic carboxylic acids is 1. The Hall–Kier alpha value is -3.71.